The first-order chi connectivity index (χ1) is 7.34. The molecule has 0 saturated heterocycles. The van der Waals surface area contributed by atoms with Crippen LogP contribution in [0.2, 0.25) is 0 Å². The minimum atomic E-state index is 0. The van der Waals surface area contributed by atoms with E-state index in [0.29, 0.717) is 5.82 Å². The van der Waals surface area contributed by atoms with Crippen LogP contribution in [0.4, 0.5) is 5.82 Å². The van der Waals surface area contributed by atoms with Gasteiger partial charge in [0.05, 0.1) is 5.52 Å². The molecule has 3 rings (SSSR count). The van der Waals surface area contributed by atoms with Gasteiger partial charge in [-0.2, -0.15) is 0 Å². The van der Waals surface area contributed by atoms with Gasteiger partial charge in [0.25, 0.3) is 0 Å². The molecule has 1 heterocycles. The summed E-state index contributed by atoms with van der Waals surface area (Å²) in [6.45, 7) is 0. The van der Waals surface area contributed by atoms with Crippen LogP contribution in [0.5, 0.6) is 0 Å². The van der Waals surface area contributed by atoms with E-state index in [-0.39, 0.29) is 10.1 Å². The van der Waals surface area contributed by atoms with Crippen LogP contribution in [-0.2, 0) is 0 Å². The molecule has 0 amide bonds. The second-order valence-corrected chi connectivity index (χ2v) is 3.59. The molecule has 0 radical (unpaired) electrons. The first-order valence-electron chi connectivity index (χ1n) is 4.88. The molecular weight excluding hydrogens is 193 g/mol. The summed E-state index contributed by atoms with van der Waals surface area (Å²) in [7, 11) is 0. The Bertz CT molecular complexity index is 650. The molecule has 0 fully saturated rings. The Labute approximate surface area is 97.3 Å². The van der Waals surface area contributed by atoms with E-state index in [1.807, 2.05) is 24.3 Å². The molecule has 3 heteroatoms. The van der Waals surface area contributed by atoms with Crippen molar-refractivity contribution in [2.45, 2.75) is 0 Å². The molecule has 0 saturated carbocycles. The minimum absolute atomic E-state index is 0. The molecule has 76 valence electrons. The number of nitrogens with two attached hydrogens (primary N) is 1. The first kappa shape index (κ1) is 10.6. The van der Waals surface area contributed by atoms with Crippen molar-refractivity contribution in [3.63, 3.8) is 0 Å². The van der Waals surface area contributed by atoms with Gasteiger partial charge in [0, 0.05) is 10.8 Å². The maximum atomic E-state index is 5.70. The number of anilines is 1. The van der Waals surface area contributed by atoms with Gasteiger partial charge in [-0.3, -0.25) is 0 Å². The summed E-state index contributed by atoms with van der Waals surface area (Å²) >= 11 is 0. The van der Waals surface area contributed by atoms with Gasteiger partial charge in [0.15, 0.2) is 0 Å². The Hall–Kier alpha value is -1.92. The summed E-state index contributed by atoms with van der Waals surface area (Å²) < 4.78 is 0. The molecule has 1 aromatic heterocycles. The zero-order valence-corrected chi connectivity index (χ0v) is 8.14. The second-order valence-electron chi connectivity index (χ2n) is 3.59. The number of hydrogen-bond acceptors (Lipinski definition) is 2. The quantitative estimate of drug-likeness (QED) is 0.450. The number of pyridine rings is 1. The van der Waals surface area contributed by atoms with Gasteiger partial charge in [0.2, 0.25) is 0 Å². The van der Waals surface area contributed by atoms with Crippen LogP contribution in [0.25, 0.3) is 21.7 Å². The number of nitrogen functional groups attached to an aromatic ring is 1. The number of hydrogen-bond donors (Lipinski definition) is 1. The van der Waals surface area contributed by atoms with Gasteiger partial charge in [-0.25, -0.2) is 4.98 Å². The molecule has 2 N–H and O–H groups in total. The monoisotopic (exact) mass is 205 g/mol. The van der Waals surface area contributed by atoms with Crippen molar-refractivity contribution in [1.82, 2.24) is 4.98 Å². The average Bonchev–Trinajstić information content (AvgIpc) is 2.29. The Morgan fingerprint density at radius 3 is 2.38 bits per heavy atom. The van der Waals surface area contributed by atoms with Crippen molar-refractivity contribution in [3.05, 3.63) is 48.5 Å². The standard InChI is InChI=1S/C13H10N2.Be.2H/c14-12-8-7-10-6-5-9-3-1-2-4-11(9)13(10)15-12;;;/h1-8H,(H2,14,15);;;. The number of nitrogens with zero attached hydrogens (tertiary/aromatic N) is 1. The molecule has 0 bridgehead atoms. The zero-order chi connectivity index (χ0) is 10.3. The average molecular weight is 205 g/mol. The number of benzene rings is 2. The van der Waals surface area contributed by atoms with Crippen molar-refractivity contribution >= 4 is 37.6 Å². The van der Waals surface area contributed by atoms with E-state index in [4.69, 9.17) is 5.73 Å². The molecule has 3 aromatic rings. The van der Waals surface area contributed by atoms with Crippen LogP contribution >= 0.6 is 0 Å². The third kappa shape index (κ3) is 1.53. The van der Waals surface area contributed by atoms with E-state index in [1.54, 1.807) is 0 Å². The summed E-state index contributed by atoms with van der Waals surface area (Å²) in [5.41, 5.74) is 6.68. The summed E-state index contributed by atoms with van der Waals surface area (Å²) in [6.07, 6.45) is 0. The Morgan fingerprint density at radius 2 is 1.50 bits per heavy atom. The van der Waals surface area contributed by atoms with Gasteiger partial charge in [-0.15, -0.1) is 0 Å². The molecule has 16 heavy (non-hydrogen) atoms. The van der Waals surface area contributed by atoms with Crippen LogP contribution in [-0.4, -0.2) is 15.1 Å². The fraction of sp³-hybridized carbons (Fsp3) is 0. The summed E-state index contributed by atoms with van der Waals surface area (Å²) in [4.78, 5) is 4.38. The van der Waals surface area contributed by atoms with Crippen molar-refractivity contribution in [3.8, 4) is 0 Å². The molecule has 0 aliphatic carbocycles. The fourth-order valence-electron chi connectivity index (χ4n) is 1.87. The fourth-order valence-corrected chi connectivity index (χ4v) is 1.87. The van der Waals surface area contributed by atoms with Crippen molar-refractivity contribution in [2.24, 2.45) is 0 Å². The van der Waals surface area contributed by atoms with Gasteiger partial charge < -0.3 is 5.73 Å². The summed E-state index contributed by atoms with van der Waals surface area (Å²) in [6, 6.07) is 16.2. The molecule has 0 atom stereocenters. The first-order valence-corrected chi connectivity index (χ1v) is 4.88. The van der Waals surface area contributed by atoms with E-state index >= 15 is 0 Å². The van der Waals surface area contributed by atoms with Gasteiger partial charge in [-0.1, -0.05) is 36.4 Å². The van der Waals surface area contributed by atoms with Crippen LogP contribution in [0.1, 0.15) is 0 Å². The van der Waals surface area contributed by atoms with Crippen LogP contribution in [0.3, 0.4) is 0 Å². The normalized spacial score (nSPS) is 10.2. The van der Waals surface area contributed by atoms with Crippen molar-refractivity contribution in [1.29, 1.82) is 0 Å². The van der Waals surface area contributed by atoms with E-state index < -0.39 is 0 Å². The third-order valence-corrected chi connectivity index (χ3v) is 2.61. The van der Waals surface area contributed by atoms with E-state index in [9.17, 15) is 0 Å². The van der Waals surface area contributed by atoms with Crippen molar-refractivity contribution < 1.29 is 0 Å². The van der Waals surface area contributed by atoms with Crippen molar-refractivity contribution in [2.75, 3.05) is 5.73 Å². The van der Waals surface area contributed by atoms with Gasteiger partial charge in [-0.05, 0) is 17.5 Å². The molecule has 0 spiro atoms. The molecule has 0 unspecified atom stereocenters. The maximum absolute atomic E-state index is 5.70. The third-order valence-electron chi connectivity index (χ3n) is 2.61. The second kappa shape index (κ2) is 3.91. The number of rotatable bonds is 0. The molecule has 2 aromatic carbocycles. The van der Waals surface area contributed by atoms with E-state index in [0.717, 1.165) is 16.3 Å². The molecular formula is C13H12BeN2. The topological polar surface area (TPSA) is 38.9 Å². The molecule has 2 nitrogen and oxygen atoms in total. The molecule has 0 aliphatic rings. The zero-order valence-electron chi connectivity index (χ0n) is 8.14. The Balaban J connectivity index is 0.000000963. The van der Waals surface area contributed by atoms with Gasteiger partial charge >= 0.3 is 10.1 Å². The number of fused-ring (bicyclic) bond motifs is 3. The van der Waals surface area contributed by atoms with Crippen LogP contribution < -0.4 is 5.73 Å². The number of aromatic nitrogens is 1. The summed E-state index contributed by atoms with van der Waals surface area (Å²) in [5, 5.41) is 3.48. The Kier molecular flexibility index (Phi) is 2.59. The van der Waals surface area contributed by atoms with E-state index in [2.05, 4.69) is 29.2 Å². The van der Waals surface area contributed by atoms with Gasteiger partial charge in [0.1, 0.15) is 5.82 Å². The Morgan fingerprint density at radius 1 is 0.812 bits per heavy atom. The summed E-state index contributed by atoms with van der Waals surface area (Å²) in [5.74, 6) is 0.568. The van der Waals surface area contributed by atoms with Crippen LogP contribution in [0.15, 0.2) is 48.5 Å². The predicted octanol–water partition coefficient (Wildman–Crippen LogP) is 2.05. The molecule has 0 aliphatic heterocycles. The van der Waals surface area contributed by atoms with Crippen LogP contribution in [0, 0.1) is 0 Å². The van der Waals surface area contributed by atoms with E-state index in [1.165, 1.54) is 5.39 Å². The predicted molar refractivity (Wildman–Crippen MR) is 72.2 cm³/mol. The SMILES string of the molecule is Nc1ccc2ccc3ccccc3c2n1.[BeH2].